The molecule has 1 aliphatic rings. The first kappa shape index (κ1) is 7.35. The first-order valence-corrected chi connectivity index (χ1v) is 4.13. The third kappa shape index (κ3) is 0.998. The third-order valence-electron chi connectivity index (χ3n) is 2.35. The number of fused-ring (bicyclic) bond motifs is 1. The van der Waals surface area contributed by atoms with Crippen molar-refractivity contribution < 1.29 is 0 Å². The summed E-state index contributed by atoms with van der Waals surface area (Å²) in [6, 6.07) is 4.09. The summed E-state index contributed by atoms with van der Waals surface area (Å²) in [5, 5.41) is 0. The number of rotatable bonds is 0. The van der Waals surface area contributed by atoms with Crippen LogP contribution in [-0.4, -0.2) is 12.0 Å². The highest BCUT2D eigenvalue weighted by molar-refractivity contribution is 5.57. The van der Waals surface area contributed by atoms with Gasteiger partial charge in [0.1, 0.15) is 0 Å². The lowest BCUT2D eigenvalue weighted by molar-refractivity contribution is 0.964. The van der Waals surface area contributed by atoms with Crippen LogP contribution in [-0.2, 0) is 6.42 Å². The quantitative estimate of drug-likeness (QED) is 0.577. The Morgan fingerprint density at radius 1 is 1.50 bits per heavy atom. The molecule has 0 atom stereocenters. The zero-order valence-electron chi connectivity index (χ0n) is 7.41. The van der Waals surface area contributed by atoms with Crippen LogP contribution < -0.4 is 4.90 Å². The molecule has 0 aliphatic carbocycles. The van der Waals surface area contributed by atoms with Crippen molar-refractivity contribution in [1.29, 1.82) is 0 Å². The Balaban J connectivity index is 2.49. The van der Waals surface area contributed by atoms with Crippen LogP contribution in [0.1, 0.15) is 12.6 Å². The van der Waals surface area contributed by atoms with Gasteiger partial charge in [-0.25, -0.2) is 0 Å². The Bertz CT molecular complexity index is 328. The second kappa shape index (κ2) is 2.63. The molecule has 62 valence electrons. The zero-order valence-corrected chi connectivity index (χ0v) is 7.41. The van der Waals surface area contributed by atoms with E-state index in [1.54, 1.807) is 0 Å². The smallest absolute Gasteiger partial charge is 0.0678 e. The second-order valence-electron chi connectivity index (χ2n) is 3.08. The van der Waals surface area contributed by atoms with E-state index in [2.05, 4.69) is 36.0 Å². The normalized spacial score (nSPS) is 15.5. The average molecular weight is 160 g/mol. The fourth-order valence-corrected chi connectivity index (χ4v) is 1.46. The molecule has 1 aromatic rings. The Morgan fingerprint density at radius 2 is 2.33 bits per heavy atom. The lowest BCUT2D eigenvalue weighted by Gasteiger charge is -2.25. The van der Waals surface area contributed by atoms with Crippen molar-refractivity contribution in [3.63, 3.8) is 0 Å². The molecule has 0 radical (unpaired) electrons. The zero-order chi connectivity index (χ0) is 8.55. The van der Waals surface area contributed by atoms with E-state index in [9.17, 15) is 0 Å². The van der Waals surface area contributed by atoms with Crippen LogP contribution in [0.2, 0.25) is 0 Å². The van der Waals surface area contributed by atoms with Crippen LogP contribution in [0.15, 0.2) is 30.1 Å². The monoisotopic (exact) mass is 160 g/mol. The molecule has 0 bridgehead atoms. The largest absolute Gasteiger partial charge is 0.347 e. The van der Waals surface area contributed by atoms with Crippen LogP contribution in [0.3, 0.4) is 0 Å². The van der Waals surface area contributed by atoms with Crippen LogP contribution in [0.25, 0.3) is 0 Å². The highest BCUT2D eigenvalue weighted by atomic mass is 15.1. The van der Waals surface area contributed by atoms with Crippen LogP contribution in [0, 0.1) is 0 Å². The van der Waals surface area contributed by atoms with E-state index in [0.717, 1.165) is 6.42 Å². The molecule has 2 heterocycles. The van der Waals surface area contributed by atoms with Gasteiger partial charge in [-0.1, -0.05) is 6.08 Å². The van der Waals surface area contributed by atoms with Crippen molar-refractivity contribution in [2.75, 3.05) is 11.9 Å². The average Bonchev–Trinajstić information content (AvgIpc) is 2.12. The summed E-state index contributed by atoms with van der Waals surface area (Å²) in [6.07, 6.45) is 5.02. The van der Waals surface area contributed by atoms with Crippen molar-refractivity contribution in [2.45, 2.75) is 13.3 Å². The van der Waals surface area contributed by atoms with E-state index < -0.39 is 0 Å². The molecule has 0 amide bonds. The predicted molar refractivity (Wildman–Crippen MR) is 50.1 cm³/mol. The molecular formula is C10H12N2. The van der Waals surface area contributed by atoms with Gasteiger partial charge >= 0.3 is 0 Å². The first-order valence-electron chi connectivity index (χ1n) is 4.13. The maximum atomic E-state index is 4.32. The number of pyridine rings is 1. The van der Waals surface area contributed by atoms with Gasteiger partial charge in [-0.3, -0.25) is 4.98 Å². The highest BCUT2D eigenvalue weighted by Gasteiger charge is 2.12. The highest BCUT2D eigenvalue weighted by Crippen LogP contribution is 2.25. The molecule has 0 saturated carbocycles. The molecular weight excluding hydrogens is 148 g/mol. The minimum atomic E-state index is 0.965. The Morgan fingerprint density at radius 3 is 3.17 bits per heavy atom. The van der Waals surface area contributed by atoms with Crippen molar-refractivity contribution >= 4 is 5.69 Å². The lowest BCUT2D eigenvalue weighted by atomic mass is 10.1. The van der Waals surface area contributed by atoms with Crippen LogP contribution in [0.5, 0.6) is 0 Å². The molecule has 1 aliphatic heterocycles. The fraction of sp³-hybridized carbons (Fsp3) is 0.300. The van der Waals surface area contributed by atoms with Crippen molar-refractivity contribution in [1.82, 2.24) is 4.98 Å². The molecule has 2 rings (SSSR count). The molecule has 0 fully saturated rings. The Labute approximate surface area is 72.5 Å². The van der Waals surface area contributed by atoms with Crippen LogP contribution in [0.4, 0.5) is 5.69 Å². The molecule has 0 aromatic carbocycles. The van der Waals surface area contributed by atoms with Gasteiger partial charge in [-0.15, -0.1) is 0 Å². The van der Waals surface area contributed by atoms with E-state index >= 15 is 0 Å². The van der Waals surface area contributed by atoms with Gasteiger partial charge in [0, 0.05) is 25.4 Å². The molecule has 0 saturated heterocycles. The summed E-state index contributed by atoms with van der Waals surface area (Å²) in [4.78, 5) is 6.49. The van der Waals surface area contributed by atoms with Gasteiger partial charge in [0.2, 0.25) is 0 Å². The van der Waals surface area contributed by atoms with Crippen molar-refractivity contribution in [3.8, 4) is 0 Å². The Hall–Kier alpha value is -1.31. The van der Waals surface area contributed by atoms with Gasteiger partial charge in [0.15, 0.2) is 0 Å². The summed E-state index contributed by atoms with van der Waals surface area (Å²) in [7, 11) is 2.07. The number of aromatic nitrogens is 1. The minimum Gasteiger partial charge on any atom is -0.347 e. The minimum absolute atomic E-state index is 0.965. The van der Waals surface area contributed by atoms with Gasteiger partial charge in [0.05, 0.1) is 11.4 Å². The summed E-state index contributed by atoms with van der Waals surface area (Å²) in [5.41, 5.74) is 3.71. The van der Waals surface area contributed by atoms with Crippen molar-refractivity contribution in [2.24, 2.45) is 0 Å². The molecule has 0 spiro atoms. The van der Waals surface area contributed by atoms with Gasteiger partial charge < -0.3 is 4.90 Å². The van der Waals surface area contributed by atoms with Gasteiger partial charge in [-0.05, 0) is 19.1 Å². The van der Waals surface area contributed by atoms with E-state index in [1.165, 1.54) is 17.1 Å². The molecule has 2 nitrogen and oxygen atoms in total. The second-order valence-corrected chi connectivity index (χ2v) is 3.08. The van der Waals surface area contributed by atoms with Gasteiger partial charge in [-0.2, -0.15) is 0 Å². The van der Waals surface area contributed by atoms with E-state index in [1.807, 2.05) is 12.3 Å². The molecule has 1 aromatic heterocycles. The number of anilines is 1. The predicted octanol–water partition coefficient (Wildman–Crippen LogP) is 1.98. The van der Waals surface area contributed by atoms with Gasteiger partial charge in [0.25, 0.3) is 0 Å². The summed E-state index contributed by atoms with van der Waals surface area (Å²) in [6.45, 7) is 2.12. The lowest BCUT2D eigenvalue weighted by Crippen LogP contribution is -2.20. The molecule has 0 unspecified atom stereocenters. The van der Waals surface area contributed by atoms with Crippen LogP contribution >= 0.6 is 0 Å². The third-order valence-corrected chi connectivity index (χ3v) is 2.35. The number of nitrogens with zero attached hydrogens (tertiary/aromatic N) is 2. The Kier molecular flexibility index (Phi) is 1.61. The summed E-state index contributed by atoms with van der Waals surface area (Å²) in [5.74, 6) is 0. The van der Waals surface area contributed by atoms with E-state index in [0.29, 0.717) is 0 Å². The maximum Gasteiger partial charge on any atom is 0.0678 e. The number of allylic oxidation sites excluding steroid dienone is 2. The molecule has 2 heteroatoms. The molecule has 12 heavy (non-hydrogen) atoms. The van der Waals surface area contributed by atoms with E-state index in [-0.39, 0.29) is 0 Å². The topological polar surface area (TPSA) is 16.1 Å². The SMILES string of the molecule is CC1=CCc2ncccc2N1C. The van der Waals surface area contributed by atoms with Crippen molar-refractivity contribution in [3.05, 3.63) is 35.8 Å². The van der Waals surface area contributed by atoms with E-state index in [4.69, 9.17) is 0 Å². The summed E-state index contributed by atoms with van der Waals surface area (Å²) < 4.78 is 0. The maximum absolute atomic E-state index is 4.32. The first-order chi connectivity index (χ1) is 5.79. The standard InChI is InChI=1S/C10H12N2/c1-8-5-6-9-10(12(8)2)4-3-7-11-9/h3-5,7H,6H2,1-2H3. The number of hydrogen-bond acceptors (Lipinski definition) is 2. The summed E-state index contributed by atoms with van der Waals surface area (Å²) >= 11 is 0. The number of hydrogen-bond donors (Lipinski definition) is 0. The molecule has 0 N–H and O–H groups in total. The fourth-order valence-electron chi connectivity index (χ4n) is 1.46.